The van der Waals surface area contributed by atoms with Crippen LogP contribution >= 0.6 is 11.6 Å². The van der Waals surface area contributed by atoms with Crippen LogP contribution in [0.3, 0.4) is 0 Å². The van der Waals surface area contributed by atoms with Crippen LogP contribution < -0.4 is 11.1 Å². The first-order valence-electron chi connectivity index (χ1n) is 5.85. The van der Waals surface area contributed by atoms with Crippen molar-refractivity contribution in [1.29, 1.82) is 0 Å². The fourth-order valence-electron chi connectivity index (χ4n) is 1.70. The number of nitrogens with zero attached hydrogens (tertiary/aromatic N) is 2. The Bertz CT molecular complexity index is 733. The van der Waals surface area contributed by atoms with Gasteiger partial charge in [0.2, 0.25) is 0 Å². The molecule has 0 atom stereocenters. The Morgan fingerprint density at radius 2 is 2.19 bits per heavy atom. The molecule has 1 heterocycles. The lowest BCUT2D eigenvalue weighted by molar-refractivity contribution is -0.384. The highest BCUT2D eigenvalue weighted by Gasteiger charge is 2.19. The van der Waals surface area contributed by atoms with Gasteiger partial charge in [0.05, 0.1) is 21.2 Å². The van der Waals surface area contributed by atoms with Gasteiger partial charge < -0.3 is 11.1 Å². The van der Waals surface area contributed by atoms with E-state index in [0.29, 0.717) is 5.69 Å². The lowest BCUT2D eigenvalue weighted by Gasteiger charge is -2.10. The maximum Gasteiger partial charge on any atom is 0.271 e. The van der Waals surface area contributed by atoms with Gasteiger partial charge in [-0.2, -0.15) is 0 Å². The molecule has 0 fully saturated rings. The van der Waals surface area contributed by atoms with Crippen LogP contribution in [0, 0.1) is 17.0 Å². The Hall–Kier alpha value is -2.67. The molecule has 8 heteroatoms. The second-order valence-electron chi connectivity index (χ2n) is 4.29. The van der Waals surface area contributed by atoms with Gasteiger partial charge in [0.1, 0.15) is 0 Å². The minimum atomic E-state index is -0.639. The molecule has 0 spiro atoms. The molecule has 2 rings (SSSR count). The molecular formula is C13H11ClN4O3. The SMILES string of the molecule is Cc1cnccc1NC(=O)c1cc([N+](=O)[O-])cc(Cl)c1N. The van der Waals surface area contributed by atoms with Crippen molar-refractivity contribution in [3.05, 3.63) is 56.9 Å². The number of nitro benzene ring substituents is 1. The molecule has 0 aliphatic carbocycles. The van der Waals surface area contributed by atoms with E-state index in [4.69, 9.17) is 17.3 Å². The average molecular weight is 307 g/mol. The molecule has 1 aromatic heterocycles. The van der Waals surface area contributed by atoms with Gasteiger partial charge in [0.25, 0.3) is 11.6 Å². The summed E-state index contributed by atoms with van der Waals surface area (Å²) in [5, 5.41) is 13.4. The molecule has 0 radical (unpaired) electrons. The standard InChI is InChI=1S/C13H11ClN4O3/c1-7-6-16-3-2-11(7)17-13(19)9-4-8(18(20)21)5-10(14)12(9)15/h2-6H,15H2,1H3,(H,16,17,19). The Kier molecular flexibility index (Phi) is 4.04. The third-order valence-corrected chi connectivity index (χ3v) is 3.15. The highest BCUT2D eigenvalue weighted by atomic mass is 35.5. The average Bonchev–Trinajstić information content (AvgIpc) is 2.43. The molecular weight excluding hydrogens is 296 g/mol. The number of carbonyl (C=O) groups excluding carboxylic acids is 1. The lowest BCUT2D eigenvalue weighted by Crippen LogP contribution is -2.15. The van der Waals surface area contributed by atoms with Crippen molar-refractivity contribution in [3.8, 4) is 0 Å². The van der Waals surface area contributed by atoms with Crippen LogP contribution in [0.4, 0.5) is 17.1 Å². The largest absolute Gasteiger partial charge is 0.397 e. The number of benzene rings is 1. The number of rotatable bonds is 3. The van der Waals surface area contributed by atoms with E-state index in [1.807, 2.05) is 0 Å². The number of aryl methyl sites for hydroxylation is 1. The van der Waals surface area contributed by atoms with E-state index in [9.17, 15) is 14.9 Å². The molecule has 3 N–H and O–H groups in total. The van der Waals surface area contributed by atoms with Crippen LogP contribution in [0.2, 0.25) is 5.02 Å². The summed E-state index contributed by atoms with van der Waals surface area (Å²) < 4.78 is 0. The van der Waals surface area contributed by atoms with Gasteiger partial charge in [0.15, 0.2) is 0 Å². The molecule has 7 nitrogen and oxygen atoms in total. The number of nitrogens with two attached hydrogens (primary N) is 1. The van der Waals surface area contributed by atoms with Crippen molar-refractivity contribution in [2.24, 2.45) is 0 Å². The molecule has 0 aliphatic heterocycles. The van der Waals surface area contributed by atoms with E-state index in [0.717, 1.165) is 17.7 Å². The van der Waals surface area contributed by atoms with E-state index in [2.05, 4.69) is 10.3 Å². The molecule has 0 unspecified atom stereocenters. The van der Waals surface area contributed by atoms with Gasteiger partial charge in [-0.3, -0.25) is 19.9 Å². The number of non-ortho nitro benzene ring substituents is 1. The summed E-state index contributed by atoms with van der Waals surface area (Å²) in [7, 11) is 0. The predicted octanol–water partition coefficient (Wildman–Crippen LogP) is 2.79. The number of hydrogen-bond donors (Lipinski definition) is 2. The number of nitro groups is 1. The number of nitrogen functional groups attached to an aromatic ring is 1. The maximum absolute atomic E-state index is 12.2. The summed E-state index contributed by atoms with van der Waals surface area (Å²) in [5.41, 5.74) is 6.65. The Morgan fingerprint density at radius 3 is 2.81 bits per heavy atom. The summed E-state index contributed by atoms with van der Waals surface area (Å²) in [6, 6.07) is 3.81. The molecule has 21 heavy (non-hydrogen) atoms. The topological polar surface area (TPSA) is 111 Å². The van der Waals surface area contributed by atoms with Crippen molar-refractivity contribution >= 4 is 34.6 Å². The first kappa shape index (κ1) is 14.7. The second kappa shape index (κ2) is 5.76. The first-order chi connectivity index (χ1) is 9.90. The van der Waals surface area contributed by atoms with Crippen molar-refractivity contribution in [2.45, 2.75) is 6.92 Å². The minimum absolute atomic E-state index is 0.00789. The van der Waals surface area contributed by atoms with Crippen LogP contribution in [0.1, 0.15) is 15.9 Å². The van der Waals surface area contributed by atoms with Gasteiger partial charge >= 0.3 is 0 Å². The van der Waals surface area contributed by atoms with E-state index < -0.39 is 10.8 Å². The molecule has 0 bridgehead atoms. The van der Waals surface area contributed by atoms with E-state index >= 15 is 0 Å². The number of aromatic nitrogens is 1. The minimum Gasteiger partial charge on any atom is -0.397 e. The van der Waals surface area contributed by atoms with Crippen LogP contribution in [-0.4, -0.2) is 15.8 Å². The Morgan fingerprint density at radius 1 is 1.48 bits per heavy atom. The summed E-state index contributed by atoms with van der Waals surface area (Å²) >= 11 is 5.82. The third kappa shape index (κ3) is 3.09. The molecule has 0 saturated carbocycles. The highest BCUT2D eigenvalue weighted by molar-refractivity contribution is 6.34. The predicted molar refractivity (Wildman–Crippen MR) is 79.4 cm³/mol. The highest BCUT2D eigenvalue weighted by Crippen LogP contribution is 2.29. The summed E-state index contributed by atoms with van der Waals surface area (Å²) in [5.74, 6) is -0.576. The Labute approximate surface area is 124 Å². The van der Waals surface area contributed by atoms with Gasteiger partial charge in [0, 0.05) is 30.2 Å². The zero-order valence-electron chi connectivity index (χ0n) is 11.0. The smallest absolute Gasteiger partial charge is 0.271 e. The zero-order valence-corrected chi connectivity index (χ0v) is 11.7. The lowest BCUT2D eigenvalue weighted by atomic mass is 10.1. The number of nitrogens with one attached hydrogen (secondary N) is 1. The monoisotopic (exact) mass is 306 g/mol. The van der Waals surface area contributed by atoms with Crippen LogP contribution in [0.15, 0.2) is 30.6 Å². The van der Waals surface area contributed by atoms with Crippen molar-refractivity contribution in [3.63, 3.8) is 0 Å². The molecule has 1 amide bonds. The van der Waals surface area contributed by atoms with Crippen LogP contribution in [0.5, 0.6) is 0 Å². The van der Waals surface area contributed by atoms with E-state index in [-0.39, 0.29) is 22.0 Å². The Balaban J connectivity index is 2.39. The van der Waals surface area contributed by atoms with Gasteiger partial charge in [-0.25, -0.2) is 0 Å². The number of pyridine rings is 1. The first-order valence-corrected chi connectivity index (χ1v) is 6.23. The number of hydrogen-bond acceptors (Lipinski definition) is 5. The molecule has 1 aromatic carbocycles. The molecule has 0 saturated heterocycles. The van der Waals surface area contributed by atoms with E-state index in [1.54, 1.807) is 19.2 Å². The number of halogens is 1. The normalized spacial score (nSPS) is 10.2. The van der Waals surface area contributed by atoms with Crippen molar-refractivity contribution in [1.82, 2.24) is 4.98 Å². The van der Waals surface area contributed by atoms with Gasteiger partial charge in [-0.1, -0.05) is 11.6 Å². The summed E-state index contributed by atoms with van der Waals surface area (Å²) in [6.45, 7) is 1.77. The van der Waals surface area contributed by atoms with Gasteiger partial charge in [-0.15, -0.1) is 0 Å². The second-order valence-corrected chi connectivity index (χ2v) is 4.70. The zero-order chi connectivity index (χ0) is 15.6. The fraction of sp³-hybridized carbons (Fsp3) is 0.0769. The van der Waals surface area contributed by atoms with Crippen LogP contribution in [-0.2, 0) is 0 Å². The fourth-order valence-corrected chi connectivity index (χ4v) is 1.91. The summed E-state index contributed by atoms with van der Waals surface area (Å²) in [4.78, 5) is 26.3. The van der Waals surface area contributed by atoms with Crippen molar-refractivity contribution < 1.29 is 9.72 Å². The number of anilines is 2. The van der Waals surface area contributed by atoms with Crippen LogP contribution in [0.25, 0.3) is 0 Å². The third-order valence-electron chi connectivity index (χ3n) is 2.84. The number of carbonyl (C=O) groups is 1. The van der Waals surface area contributed by atoms with Gasteiger partial charge in [-0.05, 0) is 18.6 Å². The summed E-state index contributed by atoms with van der Waals surface area (Å²) in [6.07, 6.45) is 3.10. The molecule has 2 aromatic rings. The molecule has 0 aliphatic rings. The van der Waals surface area contributed by atoms with E-state index in [1.165, 1.54) is 6.20 Å². The van der Waals surface area contributed by atoms with Crippen molar-refractivity contribution in [2.75, 3.05) is 11.1 Å². The quantitative estimate of drug-likeness (QED) is 0.514. The number of amides is 1. The molecule has 108 valence electrons. The maximum atomic E-state index is 12.2.